The van der Waals surface area contributed by atoms with E-state index in [0.717, 1.165) is 46.5 Å². The molecule has 10 nitrogen and oxygen atoms in total. The lowest BCUT2D eigenvalue weighted by Crippen LogP contribution is -2.24. The third-order valence-corrected chi connectivity index (χ3v) is 6.27. The molecule has 0 saturated carbocycles. The maximum Gasteiger partial charge on any atom is 0.291 e. The Morgan fingerprint density at radius 1 is 1.06 bits per heavy atom. The van der Waals surface area contributed by atoms with E-state index in [1.807, 2.05) is 44.4 Å². The number of nitrogens with zero attached hydrogens (tertiary/aromatic N) is 7. The minimum Gasteiger partial charge on any atom is -0.383 e. The quantitative estimate of drug-likeness (QED) is 0.452. The number of anilines is 2. The monoisotopic (exact) mass is 457 g/mol. The largest absolute Gasteiger partial charge is 0.383 e. The number of rotatable bonds is 6. The molecule has 34 heavy (non-hydrogen) atoms. The average molecular weight is 458 g/mol. The van der Waals surface area contributed by atoms with E-state index >= 15 is 0 Å². The van der Waals surface area contributed by atoms with Gasteiger partial charge in [-0.3, -0.25) is 4.79 Å². The van der Waals surface area contributed by atoms with Crippen molar-refractivity contribution in [2.75, 3.05) is 23.7 Å². The van der Waals surface area contributed by atoms with Gasteiger partial charge in [-0.15, -0.1) is 5.10 Å². The Labute approximate surface area is 197 Å². The number of nitrogens with two attached hydrogens (primary N) is 1. The van der Waals surface area contributed by atoms with Crippen molar-refractivity contribution in [2.24, 2.45) is 0 Å². The Morgan fingerprint density at radius 2 is 1.82 bits per heavy atom. The van der Waals surface area contributed by atoms with Gasteiger partial charge in [0.25, 0.3) is 5.91 Å². The molecule has 1 aliphatic rings. The number of nitrogen functional groups attached to an aromatic ring is 1. The molecular weight excluding hydrogens is 430 g/mol. The number of carbonyl (C=O) groups excluding carboxylic acids is 1. The van der Waals surface area contributed by atoms with Crippen LogP contribution in [-0.2, 0) is 13.1 Å². The van der Waals surface area contributed by atoms with Gasteiger partial charge in [0.2, 0.25) is 11.8 Å². The molecular formula is C24H27N9O. The number of pyridine rings is 1. The molecule has 3 aromatic heterocycles. The minimum absolute atomic E-state index is 0.138. The van der Waals surface area contributed by atoms with E-state index in [1.165, 1.54) is 12.8 Å². The zero-order chi connectivity index (χ0) is 23.7. The summed E-state index contributed by atoms with van der Waals surface area (Å²) < 4.78 is 1.69. The minimum atomic E-state index is -0.323. The van der Waals surface area contributed by atoms with Crippen LogP contribution >= 0.6 is 0 Å². The summed E-state index contributed by atoms with van der Waals surface area (Å²) in [6, 6.07) is 5.82. The van der Waals surface area contributed by atoms with Crippen LogP contribution in [0.25, 0.3) is 10.8 Å². The topological polar surface area (TPSA) is 128 Å². The fourth-order valence-corrected chi connectivity index (χ4v) is 4.27. The first-order valence-electron chi connectivity index (χ1n) is 11.4. The van der Waals surface area contributed by atoms with Crippen molar-refractivity contribution in [2.45, 2.75) is 39.8 Å². The second-order valence-electron chi connectivity index (χ2n) is 8.55. The van der Waals surface area contributed by atoms with Gasteiger partial charge in [0.1, 0.15) is 11.6 Å². The molecule has 5 rings (SSSR count). The third-order valence-electron chi connectivity index (χ3n) is 6.27. The van der Waals surface area contributed by atoms with Gasteiger partial charge in [-0.25, -0.2) is 24.6 Å². The van der Waals surface area contributed by atoms with Crippen molar-refractivity contribution in [1.29, 1.82) is 0 Å². The van der Waals surface area contributed by atoms with Gasteiger partial charge in [-0.05, 0) is 49.3 Å². The SMILES string of the molecule is Cc1c(CNC(=O)c2nc(C)n(Cc3cnc(N4CCCC4)nc3)n2)ccc2c(N)nccc12. The van der Waals surface area contributed by atoms with E-state index < -0.39 is 0 Å². The molecule has 3 N–H and O–H groups in total. The summed E-state index contributed by atoms with van der Waals surface area (Å²) in [4.78, 5) is 32.4. The molecule has 1 amide bonds. The highest BCUT2D eigenvalue weighted by Crippen LogP contribution is 2.24. The predicted octanol–water partition coefficient (Wildman–Crippen LogP) is 2.39. The summed E-state index contributed by atoms with van der Waals surface area (Å²) in [5.41, 5.74) is 8.93. The molecule has 1 aromatic carbocycles. The predicted molar refractivity (Wildman–Crippen MR) is 129 cm³/mol. The van der Waals surface area contributed by atoms with Crippen molar-refractivity contribution in [3.05, 3.63) is 65.1 Å². The second kappa shape index (κ2) is 9.05. The molecule has 0 atom stereocenters. The highest BCUT2D eigenvalue weighted by atomic mass is 16.2. The molecule has 0 spiro atoms. The van der Waals surface area contributed by atoms with Crippen molar-refractivity contribution in [3.8, 4) is 0 Å². The number of aromatic nitrogens is 6. The number of fused-ring (bicyclic) bond motifs is 1. The van der Waals surface area contributed by atoms with Gasteiger partial charge in [0.15, 0.2) is 0 Å². The summed E-state index contributed by atoms with van der Waals surface area (Å²) in [6.07, 6.45) is 7.68. The zero-order valence-electron chi connectivity index (χ0n) is 19.3. The first-order chi connectivity index (χ1) is 16.5. The molecule has 10 heteroatoms. The van der Waals surface area contributed by atoms with Crippen LogP contribution in [0.4, 0.5) is 11.8 Å². The standard InChI is InChI=1S/C24H27N9O/c1-15-18(5-6-20-19(15)7-8-26-21(20)25)13-27-23(34)22-30-16(2)33(31-22)14-17-11-28-24(29-12-17)32-9-3-4-10-32/h5-8,11-12H,3-4,9-10,13-14H2,1-2H3,(H2,25,26)(H,27,34). The zero-order valence-corrected chi connectivity index (χ0v) is 19.3. The van der Waals surface area contributed by atoms with E-state index in [1.54, 1.807) is 10.9 Å². The fraction of sp³-hybridized carbons (Fsp3) is 0.333. The molecule has 1 fully saturated rings. The summed E-state index contributed by atoms with van der Waals surface area (Å²) in [5.74, 6) is 1.73. The summed E-state index contributed by atoms with van der Waals surface area (Å²) in [5, 5.41) is 9.26. The van der Waals surface area contributed by atoms with Crippen LogP contribution in [-0.4, -0.2) is 48.7 Å². The molecule has 0 bridgehead atoms. The van der Waals surface area contributed by atoms with E-state index in [9.17, 15) is 4.79 Å². The maximum absolute atomic E-state index is 12.7. The van der Waals surface area contributed by atoms with Gasteiger partial charge in [-0.2, -0.15) is 0 Å². The Hall–Kier alpha value is -4.08. The number of aryl methyl sites for hydroxylation is 2. The van der Waals surface area contributed by atoms with Crippen molar-refractivity contribution >= 4 is 28.4 Å². The number of benzene rings is 1. The number of hydrogen-bond donors (Lipinski definition) is 2. The van der Waals surface area contributed by atoms with E-state index in [2.05, 4.69) is 35.3 Å². The molecule has 174 valence electrons. The molecule has 0 unspecified atom stereocenters. The molecule has 1 aliphatic heterocycles. The average Bonchev–Trinajstić information content (AvgIpc) is 3.50. The number of amides is 1. The fourth-order valence-electron chi connectivity index (χ4n) is 4.27. The van der Waals surface area contributed by atoms with E-state index in [-0.39, 0.29) is 11.7 Å². The van der Waals surface area contributed by atoms with Crippen LogP contribution in [0.1, 0.15) is 46.0 Å². The maximum atomic E-state index is 12.7. The van der Waals surface area contributed by atoms with Gasteiger partial charge in [-0.1, -0.05) is 12.1 Å². The Balaban J connectivity index is 1.25. The van der Waals surface area contributed by atoms with Crippen LogP contribution in [0.2, 0.25) is 0 Å². The highest BCUT2D eigenvalue weighted by Gasteiger charge is 2.17. The number of hydrogen-bond acceptors (Lipinski definition) is 8. The molecule has 0 aliphatic carbocycles. The Morgan fingerprint density at radius 3 is 2.59 bits per heavy atom. The van der Waals surface area contributed by atoms with Crippen LogP contribution < -0.4 is 16.0 Å². The lowest BCUT2D eigenvalue weighted by atomic mass is 10.0. The number of nitrogens with one attached hydrogen (secondary N) is 1. The highest BCUT2D eigenvalue weighted by molar-refractivity contribution is 5.94. The molecule has 0 radical (unpaired) electrons. The van der Waals surface area contributed by atoms with Crippen molar-refractivity contribution in [1.82, 2.24) is 35.0 Å². The van der Waals surface area contributed by atoms with Crippen LogP contribution in [0.3, 0.4) is 0 Å². The smallest absolute Gasteiger partial charge is 0.291 e. The van der Waals surface area contributed by atoms with Crippen molar-refractivity contribution in [3.63, 3.8) is 0 Å². The summed E-state index contributed by atoms with van der Waals surface area (Å²) >= 11 is 0. The molecule has 4 aromatic rings. The van der Waals surface area contributed by atoms with E-state index in [0.29, 0.717) is 24.7 Å². The summed E-state index contributed by atoms with van der Waals surface area (Å²) in [6.45, 7) is 6.66. The molecule has 1 saturated heterocycles. The van der Waals surface area contributed by atoms with Crippen LogP contribution in [0.5, 0.6) is 0 Å². The van der Waals surface area contributed by atoms with Crippen LogP contribution in [0.15, 0.2) is 36.8 Å². The van der Waals surface area contributed by atoms with Gasteiger partial charge in [0, 0.05) is 49.2 Å². The lowest BCUT2D eigenvalue weighted by molar-refractivity contribution is 0.0940. The van der Waals surface area contributed by atoms with Gasteiger partial charge in [0.05, 0.1) is 6.54 Å². The third kappa shape index (κ3) is 4.26. The van der Waals surface area contributed by atoms with Gasteiger partial charge >= 0.3 is 0 Å². The normalized spacial score (nSPS) is 13.5. The Kier molecular flexibility index (Phi) is 5.79. The molecule has 4 heterocycles. The van der Waals surface area contributed by atoms with Crippen LogP contribution in [0, 0.1) is 13.8 Å². The summed E-state index contributed by atoms with van der Waals surface area (Å²) in [7, 11) is 0. The van der Waals surface area contributed by atoms with Gasteiger partial charge < -0.3 is 16.0 Å². The second-order valence-corrected chi connectivity index (χ2v) is 8.55. The first kappa shape index (κ1) is 21.7. The van der Waals surface area contributed by atoms with E-state index in [4.69, 9.17) is 5.73 Å². The first-order valence-corrected chi connectivity index (χ1v) is 11.4. The van der Waals surface area contributed by atoms with Crippen molar-refractivity contribution < 1.29 is 4.79 Å². The number of carbonyl (C=O) groups is 1. The Bertz CT molecular complexity index is 1340. The lowest BCUT2D eigenvalue weighted by Gasteiger charge is -2.14.